The van der Waals surface area contributed by atoms with Gasteiger partial charge in [0.15, 0.2) is 0 Å². The Morgan fingerprint density at radius 2 is 2.05 bits per heavy atom. The lowest BCUT2D eigenvalue weighted by Gasteiger charge is -2.31. The molecule has 0 bridgehead atoms. The first kappa shape index (κ1) is 12.0. The highest BCUT2D eigenvalue weighted by molar-refractivity contribution is 6.06. The number of carbonyl (C=O) groups excluding carboxylic acids is 1. The topological polar surface area (TPSA) is 36.1 Å². The van der Waals surface area contributed by atoms with E-state index in [0.29, 0.717) is 6.04 Å². The minimum absolute atomic E-state index is 0.226. The molecule has 0 spiro atoms. The molecule has 4 rings (SSSR count). The van der Waals surface area contributed by atoms with Crippen molar-refractivity contribution >= 4 is 16.8 Å². The Labute approximate surface area is 119 Å². The Hall–Kier alpha value is -1.77. The summed E-state index contributed by atoms with van der Waals surface area (Å²) < 4.78 is 0. The zero-order valence-electron chi connectivity index (χ0n) is 11.6. The molecule has 1 aliphatic heterocycles. The summed E-state index contributed by atoms with van der Waals surface area (Å²) in [5.74, 6) is 0.975. The monoisotopic (exact) mass is 268 g/mol. The van der Waals surface area contributed by atoms with E-state index in [2.05, 4.69) is 9.88 Å². The van der Waals surface area contributed by atoms with Crippen molar-refractivity contribution in [3.63, 3.8) is 0 Å². The highest BCUT2D eigenvalue weighted by atomic mass is 16.2. The van der Waals surface area contributed by atoms with Crippen molar-refractivity contribution in [2.75, 3.05) is 6.54 Å². The molecule has 1 saturated carbocycles. The fraction of sp³-hybridized carbons (Fsp3) is 0.471. The summed E-state index contributed by atoms with van der Waals surface area (Å²) >= 11 is 0. The van der Waals surface area contributed by atoms with Crippen LogP contribution in [0.15, 0.2) is 30.5 Å². The predicted octanol–water partition coefficient (Wildman–Crippen LogP) is 3.57. The van der Waals surface area contributed by atoms with Gasteiger partial charge in [-0.2, -0.15) is 0 Å². The van der Waals surface area contributed by atoms with E-state index in [1.807, 2.05) is 30.5 Å². The number of H-pyrrole nitrogens is 1. The molecule has 2 atom stereocenters. The van der Waals surface area contributed by atoms with Crippen molar-refractivity contribution < 1.29 is 4.79 Å². The number of nitrogens with one attached hydrogen (secondary N) is 1. The number of amides is 1. The van der Waals surface area contributed by atoms with Gasteiger partial charge in [0.2, 0.25) is 0 Å². The van der Waals surface area contributed by atoms with E-state index in [9.17, 15) is 4.79 Å². The molecule has 2 unspecified atom stereocenters. The van der Waals surface area contributed by atoms with Gasteiger partial charge < -0.3 is 9.88 Å². The third kappa shape index (κ3) is 1.76. The average molecular weight is 268 g/mol. The molecule has 3 nitrogen and oxygen atoms in total. The molecule has 0 radical (unpaired) electrons. The maximum absolute atomic E-state index is 12.9. The summed E-state index contributed by atoms with van der Waals surface area (Å²) in [5.41, 5.74) is 1.91. The van der Waals surface area contributed by atoms with Crippen LogP contribution in [0.4, 0.5) is 0 Å². The number of rotatable bonds is 1. The Bertz CT molecular complexity index is 645. The van der Waals surface area contributed by atoms with Crippen LogP contribution in [0.1, 0.15) is 42.5 Å². The summed E-state index contributed by atoms with van der Waals surface area (Å²) in [6, 6.07) is 8.47. The van der Waals surface area contributed by atoms with Gasteiger partial charge >= 0.3 is 0 Å². The number of fused-ring (bicyclic) bond motifs is 2. The van der Waals surface area contributed by atoms with Crippen LogP contribution in [0.25, 0.3) is 10.9 Å². The lowest BCUT2D eigenvalue weighted by molar-refractivity contribution is 0.0692. The fourth-order valence-electron chi connectivity index (χ4n) is 4.08. The van der Waals surface area contributed by atoms with Crippen molar-refractivity contribution in [1.82, 2.24) is 9.88 Å². The molecule has 20 heavy (non-hydrogen) atoms. The van der Waals surface area contributed by atoms with Gasteiger partial charge in [-0.05, 0) is 43.4 Å². The highest BCUT2D eigenvalue weighted by Crippen LogP contribution is 2.37. The normalized spacial score (nSPS) is 25.9. The van der Waals surface area contributed by atoms with Gasteiger partial charge in [-0.25, -0.2) is 0 Å². The van der Waals surface area contributed by atoms with Crippen molar-refractivity contribution in [1.29, 1.82) is 0 Å². The number of hydrogen-bond acceptors (Lipinski definition) is 1. The summed E-state index contributed by atoms with van der Waals surface area (Å²) in [4.78, 5) is 18.3. The van der Waals surface area contributed by atoms with Crippen molar-refractivity contribution in [2.24, 2.45) is 5.92 Å². The van der Waals surface area contributed by atoms with Crippen molar-refractivity contribution in [2.45, 2.75) is 38.1 Å². The minimum Gasteiger partial charge on any atom is -0.361 e. The molecule has 1 aromatic heterocycles. The molecule has 1 N–H and O–H groups in total. The molecular weight excluding hydrogens is 248 g/mol. The van der Waals surface area contributed by atoms with E-state index in [0.717, 1.165) is 28.9 Å². The zero-order chi connectivity index (χ0) is 13.5. The molecule has 2 aromatic rings. The number of nitrogens with zero attached hydrogens (tertiary/aromatic N) is 1. The summed E-state index contributed by atoms with van der Waals surface area (Å²) in [6.45, 7) is 0.939. The van der Waals surface area contributed by atoms with Gasteiger partial charge in [0.25, 0.3) is 5.91 Å². The number of likely N-dealkylation sites (tertiary alicyclic amines) is 1. The van der Waals surface area contributed by atoms with Gasteiger partial charge in [0.05, 0.1) is 0 Å². The molecule has 1 saturated heterocycles. The highest BCUT2D eigenvalue weighted by Gasteiger charge is 2.38. The van der Waals surface area contributed by atoms with Crippen molar-refractivity contribution in [3.8, 4) is 0 Å². The molecule has 2 heterocycles. The minimum atomic E-state index is 0.226. The van der Waals surface area contributed by atoms with Crippen LogP contribution in [0, 0.1) is 5.92 Å². The number of benzene rings is 1. The van der Waals surface area contributed by atoms with Gasteiger partial charge in [0.1, 0.15) is 0 Å². The Kier molecular flexibility index (Phi) is 2.79. The summed E-state index contributed by atoms with van der Waals surface area (Å²) in [7, 11) is 0. The summed E-state index contributed by atoms with van der Waals surface area (Å²) in [6.07, 6.45) is 8.23. The maximum Gasteiger partial charge on any atom is 0.254 e. The smallest absolute Gasteiger partial charge is 0.254 e. The van der Waals surface area contributed by atoms with Crippen LogP contribution < -0.4 is 0 Å². The lowest BCUT2D eigenvalue weighted by Crippen LogP contribution is -2.39. The predicted molar refractivity (Wildman–Crippen MR) is 79.7 cm³/mol. The lowest BCUT2D eigenvalue weighted by atomic mass is 9.85. The third-order valence-corrected chi connectivity index (χ3v) is 5.10. The molecule has 2 fully saturated rings. The molecule has 2 aliphatic rings. The second kappa shape index (κ2) is 4.65. The van der Waals surface area contributed by atoms with Crippen molar-refractivity contribution in [3.05, 3.63) is 36.0 Å². The number of hydrogen-bond donors (Lipinski definition) is 1. The zero-order valence-corrected chi connectivity index (χ0v) is 11.6. The maximum atomic E-state index is 12.9. The standard InChI is InChI=1S/C17H20N2O/c20-17(14-5-3-6-15-13(14)8-10-18-15)19-11-9-12-4-1-2-7-16(12)19/h3,5-6,8,10,12,16,18H,1-2,4,7,9,11H2. The van der Waals surface area contributed by atoms with Gasteiger partial charge in [-0.3, -0.25) is 4.79 Å². The second-order valence-electron chi connectivity index (χ2n) is 6.14. The molecular formula is C17H20N2O. The quantitative estimate of drug-likeness (QED) is 0.843. The first-order chi connectivity index (χ1) is 9.84. The van der Waals surface area contributed by atoms with Crippen LogP contribution >= 0.6 is 0 Å². The van der Waals surface area contributed by atoms with E-state index < -0.39 is 0 Å². The van der Waals surface area contributed by atoms with Gasteiger partial charge in [-0.15, -0.1) is 0 Å². The molecule has 3 heteroatoms. The number of carbonyl (C=O) groups is 1. The molecule has 104 valence electrons. The number of aromatic amines is 1. The first-order valence-electron chi connectivity index (χ1n) is 7.71. The fourth-order valence-corrected chi connectivity index (χ4v) is 4.08. The average Bonchev–Trinajstić information content (AvgIpc) is 3.12. The van der Waals surface area contributed by atoms with E-state index >= 15 is 0 Å². The van der Waals surface area contributed by atoms with E-state index in [1.54, 1.807) is 0 Å². The Morgan fingerprint density at radius 1 is 1.15 bits per heavy atom. The first-order valence-corrected chi connectivity index (χ1v) is 7.71. The largest absolute Gasteiger partial charge is 0.361 e. The van der Waals surface area contributed by atoms with Gasteiger partial charge in [0, 0.05) is 35.2 Å². The second-order valence-corrected chi connectivity index (χ2v) is 6.14. The van der Waals surface area contributed by atoms with E-state index in [4.69, 9.17) is 0 Å². The third-order valence-electron chi connectivity index (χ3n) is 5.10. The van der Waals surface area contributed by atoms with Crippen LogP contribution in [-0.2, 0) is 0 Å². The van der Waals surface area contributed by atoms with E-state index in [-0.39, 0.29) is 5.91 Å². The molecule has 1 amide bonds. The summed E-state index contributed by atoms with van der Waals surface area (Å²) in [5, 5.41) is 1.05. The van der Waals surface area contributed by atoms with Crippen LogP contribution in [0.5, 0.6) is 0 Å². The van der Waals surface area contributed by atoms with Crippen LogP contribution in [0.2, 0.25) is 0 Å². The number of aromatic nitrogens is 1. The van der Waals surface area contributed by atoms with Crippen LogP contribution in [-0.4, -0.2) is 28.4 Å². The van der Waals surface area contributed by atoms with E-state index in [1.165, 1.54) is 32.1 Å². The van der Waals surface area contributed by atoms with Crippen LogP contribution in [0.3, 0.4) is 0 Å². The SMILES string of the molecule is O=C(c1cccc2[nH]ccc12)N1CCC2CCCCC21. The van der Waals surface area contributed by atoms with Gasteiger partial charge in [-0.1, -0.05) is 18.9 Å². The Morgan fingerprint density at radius 3 is 3.00 bits per heavy atom. The molecule has 1 aromatic carbocycles. The molecule has 1 aliphatic carbocycles. The Balaban J connectivity index is 1.68.